The van der Waals surface area contributed by atoms with E-state index in [4.69, 9.17) is 4.74 Å². The van der Waals surface area contributed by atoms with Gasteiger partial charge in [0.1, 0.15) is 0 Å². The van der Waals surface area contributed by atoms with E-state index in [1.807, 2.05) is 0 Å². The van der Waals surface area contributed by atoms with Crippen molar-refractivity contribution >= 4 is 16.0 Å². The monoisotopic (exact) mass is 346 g/mol. The van der Waals surface area contributed by atoms with Gasteiger partial charge in [0.25, 0.3) is 0 Å². The number of ether oxygens (including phenoxy) is 1. The molecule has 7 heteroatoms. The Hall–Kier alpha value is -2.25. The van der Waals surface area contributed by atoms with E-state index in [1.165, 1.54) is 6.20 Å². The number of aromatic nitrogens is 1. The second kappa shape index (κ2) is 6.70. The first-order chi connectivity index (χ1) is 11.5. The van der Waals surface area contributed by atoms with Gasteiger partial charge in [0.15, 0.2) is 0 Å². The first-order valence-electron chi connectivity index (χ1n) is 7.74. The number of pyridine rings is 1. The molecule has 1 fully saturated rings. The second-order valence-electron chi connectivity index (χ2n) is 5.60. The molecule has 0 spiro atoms. The van der Waals surface area contributed by atoms with Crippen LogP contribution in [-0.2, 0) is 14.8 Å². The minimum atomic E-state index is -3.46. The van der Waals surface area contributed by atoms with Crippen molar-refractivity contribution in [3.05, 3.63) is 48.3 Å². The molecule has 0 radical (unpaired) electrons. The van der Waals surface area contributed by atoms with Crippen molar-refractivity contribution in [1.82, 2.24) is 9.71 Å². The van der Waals surface area contributed by atoms with Crippen LogP contribution < -0.4 is 4.72 Å². The lowest BCUT2D eigenvalue weighted by Crippen LogP contribution is -2.25. The van der Waals surface area contributed by atoms with Gasteiger partial charge in [-0.3, -0.25) is 4.98 Å². The number of rotatable bonds is 6. The fourth-order valence-electron chi connectivity index (χ4n) is 2.24. The molecule has 1 aromatic heterocycles. The zero-order chi connectivity index (χ0) is 17.2. The van der Waals surface area contributed by atoms with Gasteiger partial charge in [-0.15, -0.1) is 0 Å². The first-order valence-corrected chi connectivity index (χ1v) is 9.23. The molecule has 6 nitrogen and oxygen atoms in total. The number of hydrogen-bond donors (Lipinski definition) is 1. The summed E-state index contributed by atoms with van der Waals surface area (Å²) in [5, 5.41) is 0. The summed E-state index contributed by atoms with van der Waals surface area (Å²) in [5.74, 6) is -0.431. The number of carbonyl (C=O) groups is 1. The fourth-order valence-corrected chi connectivity index (χ4v) is 3.54. The average Bonchev–Trinajstić information content (AvgIpc) is 3.39. The number of nitrogens with one attached hydrogen (secondary N) is 1. The third kappa shape index (κ3) is 3.80. The van der Waals surface area contributed by atoms with Crippen molar-refractivity contribution in [2.75, 3.05) is 6.61 Å². The van der Waals surface area contributed by atoms with Crippen LogP contribution in [0.5, 0.6) is 0 Å². The molecule has 1 aliphatic carbocycles. The quantitative estimate of drug-likeness (QED) is 0.812. The molecule has 0 amide bonds. The summed E-state index contributed by atoms with van der Waals surface area (Å²) >= 11 is 0. The summed E-state index contributed by atoms with van der Waals surface area (Å²) in [7, 11) is -3.46. The third-order valence-corrected chi connectivity index (χ3v) is 5.18. The zero-order valence-electron chi connectivity index (χ0n) is 13.2. The molecule has 1 saturated carbocycles. The molecular weight excluding hydrogens is 328 g/mol. The van der Waals surface area contributed by atoms with Gasteiger partial charge in [-0.25, -0.2) is 17.9 Å². The maximum atomic E-state index is 12.2. The molecule has 0 atom stereocenters. The molecule has 1 heterocycles. The maximum absolute atomic E-state index is 12.2. The van der Waals surface area contributed by atoms with Crippen molar-refractivity contribution in [2.24, 2.45) is 0 Å². The van der Waals surface area contributed by atoms with Crippen molar-refractivity contribution < 1.29 is 17.9 Å². The zero-order valence-corrected chi connectivity index (χ0v) is 14.0. The fraction of sp³-hybridized carbons (Fsp3) is 0.294. The summed E-state index contributed by atoms with van der Waals surface area (Å²) in [6.45, 7) is 2.04. The molecule has 0 bridgehead atoms. The van der Waals surface area contributed by atoms with E-state index in [1.54, 1.807) is 43.5 Å². The van der Waals surface area contributed by atoms with Crippen LogP contribution in [0.1, 0.15) is 30.1 Å². The topological polar surface area (TPSA) is 85.4 Å². The summed E-state index contributed by atoms with van der Waals surface area (Å²) in [5.41, 5.74) is 1.86. The number of hydrogen-bond acceptors (Lipinski definition) is 5. The van der Waals surface area contributed by atoms with E-state index in [9.17, 15) is 13.2 Å². The van der Waals surface area contributed by atoms with Crippen molar-refractivity contribution in [3.8, 4) is 11.1 Å². The average molecular weight is 346 g/mol. The number of esters is 1. The first kappa shape index (κ1) is 16.6. The molecule has 24 heavy (non-hydrogen) atoms. The summed E-state index contributed by atoms with van der Waals surface area (Å²) in [6, 6.07) is 8.26. The highest BCUT2D eigenvalue weighted by molar-refractivity contribution is 7.89. The third-order valence-electron chi connectivity index (χ3n) is 3.65. The van der Waals surface area contributed by atoms with E-state index in [-0.39, 0.29) is 10.9 Å². The Morgan fingerprint density at radius 1 is 1.21 bits per heavy atom. The van der Waals surface area contributed by atoms with Crippen LogP contribution in [0.15, 0.2) is 47.6 Å². The van der Waals surface area contributed by atoms with E-state index >= 15 is 0 Å². The van der Waals surface area contributed by atoms with Crippen molar-refractivity contribution in [3.63, 3.8) is 0 Å². The van der Waals surface area contributed by atoms with Crippen molar-refractivity contribution in [2.45, 2.75) is 30.7 Å². The predicted molar refractivity (Wildman–Crippen MR) is 89.0 cm³/mol. The molecule has 0 unspecified atom stereocenters. The lowest BCUT2D eigenvalue weighted by molar-refractivity contribution is 0.0526. The molecule has 1 N–H and O–H groups in total. The lowest BCUT2D eigenvalue weighted by Gasteiger charge is -2.08. The van der Waals surface area contributed by atoms with Crippen LogP contribution >= 0.6 is 0 Å². The standard InChI is InChI=1S/C17H18N2O4S/c1-2-23-17(20)14-9-13(10-18-11-14)12-3-7-16(8-4-12)24(21,22)19-15-5-6-15/h3-4,7-11,15,19H,2,5-6H2,1H3. The van der Waals surface area contributed by atoms with Gasteiger partial charge in [-0.1, -0.05) is 12.1 Å². The Bertz CT molecular complexity index is 843. The van der Waals surface area contributed by atoms with Crippen molar-refractivity contribution in [1.29, 1.82) is 0 Å². The van der Waals surface area contributed by atoms with E-state index in [0.717, 1.165) is 24.0 Å². The number of sulfonamides is 1. The maximum Gasteiger partial charge on any atom is 0.339 e. The summed E-state index contributed by atoms with van der Waals surface area (Å²) in [4.78, 5) is 16.1. The highest BCUT2D eigenvalue weighted by atomic mass is 32.2. The van der Waals surface area contributed by atoms with Gasteiger partial charge in [0, 0.05) is 24.0 Å². The number of carbonyl (C=O) groups excluding carboxylic acids is 1. The van der Waals surface area contributed by atoms with Crippen LogP contribution in [0.4, 0.5) is 0 Å². The Morgan fingerprint density at radius 3 is 2.54 bits per heavy atom. The Morgan fingerprint density at radius 2 is 1.92 bits per heavy atom. The van der Waals surface area contributed by atoms with E-state index in [0.29, 0.717) is 12.2 Å². The predicted octanol–water partition coefficient (Wildman–Crippen LogP) is 2.37. The Labute approximate surface area is 140 Å². The summed E-state index contributed by atoms with van der Waals surface area (Å²) in [6.07, 6.45) is 4.85. The minimum Gasteiger partial charge on any atom is -0.462 e. The van der Waals surface area contributed by atoms with Crippen LogP contribution in [0, 0.1) is 0 Å². The van der Waals surface area contributed by atoms with Gasteiger partial charge < -0.3 is 4.74 Å². The van der Waals surface area contributed by atoms with Crippen LogP contribution in [0.25, 0.3) is 11.1 Å². The smallest absolute Gasteiger partial charge is 0.339 e. The SMILES string of the molecule is CCOC(=O)c1cncc(-c2ccc(S(=O)(=O)NC3CC3)cc2)c1. The van der Waals surface area contributed by atoms with Crippen LogP contribution in [0.2, 0.25) is 0 Å². The molecular formula is C17H18N2O4S. The number of nitrogens with zero attached hydrogens (tertiary/aromatic N) is 1. The molecule has 1 aliphatic rings. The molecule has 3 rings (SSSR count). The molecule has 1 aromatic carbocycles. The number of benzene rings is 1. The van der Waals surface area contributed by atoms with Gasteiger partial charge in [0.05, 0.1) is 17.1 Å². The molecule has 2 aromatic rings. The largest absolute Gasteiger partial charge is 0.462 e. The van der Waals surface area contributed by atoms with E-state index in [2.05, 4.69) is 9.71 Å². The van der Waals surface area contributed by atoms with Crippen LogP contribution in [0.3, 0.4) is 0 Å². The highest BCUT2D eigenvalue weighted by Gasteiger charge is 2.27. The highest BCUT2D eigenvalue weighted by Crippen LogP contribution is 2.24. The van der Waals surface area contributed by atoms with E-state index < -0.39 is 16.0 Å². The molecule has 0 saturated heterocycles. The Balaban J connectivity index is 1.83. The normalized spacial score (nSPS) is 14.4. The summed E-state index contributed by atoms with van der Waals surface area (Å²) < 4.78 is 31.9. The van der Waals surface area contributed by atoms with Gasteiger partial charge in [-0.2, -0.15) is 0 Å². The Kier molecular flexibility index (Phi) is 4.64. The van der Waals surface area contributed by atoms with Crippen LogP contribution in [-0.4, -0.2) is 32.0 Å². The molecule has 0 aliphatic heterocycles. The second-order valence-corrected chi connectivity index (χ2v) is 7.32. The molecule has 126 valence electrons. The van der Waals surface area contributed by atoms with Gasteiger partial charge in [0.2, 0.25) is 10.0 Å². The lowest BCUT2D eigenvalue weighted by atomic mass is 10.1. The van der Waals surface area contributed by atoms with Gasteiger partial charge in [-0.05, 0) is 43.5 Å². The minimum absolute atomic E-state index is 0.0696. The van der Waals surface area contributed by atoms with Gasteiger partial charge >= 0.3 is 5.97 Å².